The quantitative estimate of drug-likeness (QED) is 0.537. The van der Waals surface area contributed by atoms with Crippen molar-refractivity contribution in [2.75, 3.05) is 19.5 Å². The van der Waals surface area contributed by atoms with Gasteiger partial charge in [-0.1, -0.05) is 0 Å². The molecule has 0 saturated heterocycles. The highest BCUT2D eigenvalue weighted by atomic mass is 19.3. The number of carbonyl (C=O) groups excluding carboxylic acids is 1. The molecule has 1 heterocycles. The molecule has 31 heavy (non-hydrogen) atoms. The highest BCUT2D eigenvalue weighted by Crippen LogP contribution is 2.32. The molecule has 0 bridgehead atoms. The van der Waals surface area contributed by atoms with Crippen molar-refractivity contribution in [3.63, 3.8) is 0 Å². The van der Waals surface area contributed by atoms with Gasteiger partial charge in [-0.2, -0.15) is 8.78 Å². The summed E-state index contributed by atoms with van der Waals surface area (Å²) in [5.41, 5.74) is 1.58. The van der Waals surface area contributed by atoms with Crippen molar-refractivity contribution in [1.82, 2.24) is 4.98 Å². The Balaban J connectivity index is 1.75. The summed E-state index contributed by atoms with van der Waals surface area (Å²) in [6.45, 7) is -2.71. The van der Waals surface area contributed by atoms with Crippen LogP contribution in [0, 0.1) is 0 Å². The van der Waals surface area contributed by atoms with Gasteiger partial charge in [-0.15, -0.1) is 0 Å². The molecule has 0 saturated carbocycles. The van der Waals surface area contributed by atoms with Crippen molar-refractivity contribution in [2.24, 2.45) is 0 Å². The van der Waals surface area contributed by atoms with Crippen LogP contribution in [-0.4, -0.2) is 31.7 Å². The van der Waals surface area contributed by atoms with Gasteiger partial charge in [0.2, 0.25) is 0 Å². The number of alkyl halides is 2. The lowest BCUT2D eigenvalue weighted by Crippen LogP contribution is -2.13. The fraction of sp³-hybridized carbons (Fsp3) is 0.182. The molecule has 3 rings (SSSR count). The molecular weight excluding hydrogens is 410 g/mol. The number of carbonyl (C=O) groups is 1. The molecule has 0 atom stereocenters. The number of benzene rings is 2. The Kier molecular flexibility index (Phi) is 7.21. The molecule has 0 radical (unpaired) electrons. The number of nitrogens with one attached hydrogen (secondary N) is 1. The smallest absolute Gasteiger partial charge is 0.387 e. The lowest BCUT2D eigenvalue weighted by molar-refractivity contribution is -0.0512. The molecule has 162 valence electrons. The fourth-order valence-corrected chi connectivity index (χ4v) is 2.71. The first-order valence-corrected chi connectivity index (χ1v) is 9.14. The van der Waals surface area contributed by atoms with Crippen molar-refractivity contribution < 1.29 is 32.5 Å². The van der Waals surface area contributed by atoms with E-state index in [0.29, 0.717) is 23.8 Å². The van der Waals surface area contributed by atoms with Gasteiger partial charge in [0.25, 0.3) is 5.91 Å². The third-order valence-electron chi connectivity index (χ3n) is 4.21. The van der Waals surface area contributed by atoms with Gasteiger partial charge in [0.15, 0.2) is 23.0 Å². The number of methoxy groups -OCH3 is 2. The maximum absolute atomic E-state index is 12.6. The molecule has 1 N–H and O–H groups in total. The molecule has 0 aliphatic rings. The van der Waals surface area contributed by atoms with Crippen LogP contribution in [0.3, 0.4) is 0 Å². The van der Waals surface area contributed by atoms with E-state index in [-0.39, 0.29) is 17.1 Å². The predicted molar refractivity (Wildman–Crippen MR) is 109 cm³/mol. The van der Waals surface area contributed by atoms with Crippen molar-refractivity contribution >= 4 is 11.6 Å². The van der Waals surface area contributed by atoms with Crippen LogP contribution < -0.4 is 24.3 Å². The molecule has 9 heteroatoms. The average molecular weight is 430 g/mol. The minimum Gasteiger partial charge on any atom is -0.493 e. The van der Waals surface area contributed by atoms with Crippen LogP contribution in [0.2, 0.25) is 0 Å². The maximum Gasteiger partial charge on any atom is 0.387 e. The number of aromatic nitrogens is 1. The minimum atomic E-state index is -3.00. The van der Waals surface area contributed by atoms with Gasteiger partial charge in [0.1, 0.15) is 6.61 Å². The third kappa shape index (κ3) is 5.81. The molecule has 0 aliphatic carbocycles. The molecule has 1 amide bonds. The second-order valence-electron chi connectivity index (χ2n) is 6.21. The molecule has 0 unspecified atom stereocenters. The summed E-state index contributed by atoms with van der Waals surface area (Å²) in [5.74, 6) is 0.332. The van der Waals surface area contributed by atoms with Gasteiger partial charge >= 0.3 is 6.61 Å². The zero-order valence-corrected chi connectivity index (χ0v) is 16.8. The monoisotopic (exact) mass is 430 g/mol. The normalized spacial score (nSPS) is 10.5. The van der Waals surface area contributed by atoms with Gasteiger partial charge in [0, 0.05) is 29.7 Å². The number of hydrogen-bond acceptors (Lipinski definition) is 6. The van der Waals surface area contributed by atoms with Crippen molar-refractivity contribution in [2.45, 2.75) is 13.2 Å². The Morgan fingerprint density at radius 2 is 1.65 bits per heavy atom. The Bertz CT molecular complexity index is 1030. The van der Waals surface area contributed by atoms with Crippen LogP contribution >= 0.6 is 0 Å². The molecule has 0 spiro atoms. The Morgan fingerprint density at radius 1 is 0.935 bits per heavy atom. The predicted octanol–water partition coefficient (Wildman–Crippen LogP) is 4.53. The lowest BCUT2D eigenvalue weighted by atomic mass is 10.1. The molecule has 3 aromatic rings. The second-order valence-corrected chi connectivity index (χ2v) is 6.21. The molecule has 0 aliphatic heterocycles. The van der Waals surface area contributed by atoms with E-state index in [4.69, 9.17) is 14.2 Å². The van der Waals surface area contributed by atoms with E-state index in [2.05, 4.69) is 15.0 Å². The van der Waals surface area contributed by atoms with E-state index >= 15 is 0 Å². The molecular formula is C22H20F2N2O5. The van der Waals surface area contributed by atoms with E-state index in [0.717, 1.165) is 5.56 Å². The summed E-state index contributed by atoms with van der Waals surface area (Å²) in [6.07, 6.45) is 3.33. The highest BCUT2D eigenvalue weighted by Gasteiger charge is 2.15. The third-order valence-corrected chi connectivity index (χ3v) is 4.21. The lowest BCUT2D eigenvalue weighted by Gasteiger charge is -2.14. The van der Waals surface area contributed by atoms with E-state index < -0.39 is 12.5 Å². The number of halogens is 2. The number of pyridine rings is 1. The first-order chi connectivity index (χ1) is 15.0. The first-order valence-electron chi connectivity index (χ1n) is 9.14. The Morgan fingerprint density at radius 3 is 2.32 bits per heavy atom. The van der Waals surface area contributed by atoms with E-state index in [9.17, 15) is 13.6 Å². The average Bonchev–Trinajstić information content (AvgIpc) is 2.78. The summed E-state index contributed by atoms with van der Waals surface area (Å²) in [5, 5.41) is 2.73. The molecule has 7 nitrogen and oxygen atoms in total. The number of anilines is 1. The zero-order valence-electron chi connectivity index (χ0n) is 16.8. The number of rotatable bonds is 9. The van der Waals surface area contributed by atoms with Crippen LogP contribution in [0.1, 0.15) is 15.9 Å². The minimum absolute atomic E-state index is 0.0176. The highest BCUT2D eigenvalue weighted by molar-refractivity contribution is 6.04. The van der Waals surface area contributed by atoms with Crippen molar-refractivity contribution in [3.8, 4) is 23.0 Å². The van der Waals surface area contributed by atoms with Crippen LogP contribution in [0.25, 0.3) is 0 Å². The summed E-state index contributed by atoms with van der Waals surface area (Å²) >= 11 is 0. The van der Waals surface area contributed by atoms with Crippen LogP contribution in [0.5, 0.6) is 23.0 Å². The van der Waals surface area contributed by atoms with E-state index in [1.807, 2.05) is 12.1 Å². The maximum atomic E-state index is 12.6. The largest absolute Gasteiger partial charge is 0.493 e. The Hall–Kier alpha value is -3.88. The van der Waals surface area contributed by atoms with Gasteiger partial charge in [0.05, 0.1) is 14.2 Å². The van der Waals surface area contributed by atoms with Gasteiger partial charge in [-0.3, -0.25) is 9.78 Å². The molecule has 0 fully saturated rings. The SMILES string of the molecule is COc1ccc(NC(=O)c2ccc(OC(F)F)c(OC)c2)cc1OCc1ccncc1. The summed E-state index contributed by atoms with van der Waals surface area (Å²) in [4.78, 5) is 16.6. The zero-order chi connectivity index (χ0) is 22.2. The number of hydrogen-bond donors (Lipinski definition) is 1. The number of nitrogens with zero attached hydrogens (tertiary/aromatic N) is 1. The number of amides is 1. The van der Waals surface area contributed by atoms with E-state index in [1.165, 1.54) is 32.4 Å². The standard InChI is InChI=1S/C22H20F2N2O5/c1-28-17-6-4-16(12-20(17)30-13-14-7-9-25-10-8-14)26-21(27)15-3-5-18(31-22(23)24)19(11-15)29-2/h3-12,22H,13H2,1-2H3,(H,26,27). The van der Waals surface area contributed by atoms with Crippen LogP contribution in [-0.2, 0) is 6.61 Å². The first kappa shape index (κ1) is 21.8. The van der Waals surface area contributed by atoms with Gasteiger partial charge in [-0.05, 0) is 48.0 Å². The van der Waals surface area contributed by atoms with Crippen molar-refractivity contribution in [3.05, 3.63) is 72.1 Å². The summed E-state index contributed by atoms with van der Waals surface area (Å²) < 4.78 is 45.5. The Labute approximate surface area is 177 Å². The fourth-order valence-electron chi connectivity index (χ4n) is 2.71. The van der Waals surface area contributed by atoms with Crippen LogP contribution in [0.15, 0.2) is 60.9 Å². The van der Waals surface area contributed by atoms with Crippen LogP contribution in [0.4, 0.5) is 14.5 Å². The topological polar surface area (TPSA) is 78.9 Å². The molecule has 2 aromatic carbocycles. The number of ether oxygens (including phenoxy) is 4. The van der Waals surface area contributed by atoms with Crippen molar-refractivity contribution in [1.29, 1.82) is 0 Å². The summed E-state index contributed by atoms with van der Waals surface area (Å²) in [7, 11) is 2.81. The molecule has 1 aromatic heterocycles. The van der Waals surface area contributed by atoms with Gasteiger partial charge < -0.3 is 24.3 Å². The van der Waals surface area contributed by atoms with E-state index in [1.54, 1.807) is 30.6 Å². The van der Waals surface area contributed by atoms with Gasteiger partial charge in [-0.25, -0.2) is 0 Å². The summed E-state index contributed by atoms with van der Waals surface area (Å²) in [6, 6.07) is 12.5. The second kappa shape index (κ2) is 10.2.